The van der Waals surface area contributed by atoms with Crippen molar-refractivity contribution in [1.29, 1.82) is 10.5 Å². The number of hydrogen-bond donors (Lipinski definition) is 1. The predicted octanol–water partition coefficient (Wildman–Crippen LogP) is 3.87. The fourth-order valence-electron chi connectivity index (χ4n) is 2.91. The van der Waals surface area contributed by atoms with E-state index in [4.69, 9.17) is 0 Å². The summed E-state index contributed by atoms with van der Waals surface area (Å²) in [4.78, 5) is 13.7. The highest BCUT2D eigenvalue weighted by molar-refractivity contribution is 5.84. The molecule has 0 spiro atoms. The van der Waals surface area contributed by atoms with E-state index in [0.29, 0.717) is 5.56 Å². The van der Waals surface area contributed by atoms with E-state index >= 15 is 0 Å². The van der Waals surface area contributed by atoms with Crippen LogP contribution >= 0.6 is 0 Å². The van der Waals surface area contributed by atoms with Gasteiger partial charge in [0.25, 0.3) is 5.69 Å². The van der Waals surface area contributed by atoms with Gasteiger partial charge in [0.2, 0.25) is 0 Å². The van der Waals surface area contributed by atoms with Crippen LogP contribution in [-0.2, 0) is 0 Å². The first-order valence-corrected chi connectivity index (χ1v) is 7.25. The van der Waals surface area contributed by atoms with Gasteiger partial charge in [-0.1, -0.05) is 30.3 Å². The Morgan fingerprint density at radius 3 is 2.54 bits per heavy atom. The van der Waals surface area contributed by atoms with Gasteiger partial charge in [0, 0.05) is 35.2 Å². The number of nitrogens with one attached hydrogen (secondary N) is 1. The predicted molar refractivity (Wildman–Crippen MR) is 88.0 cm³/mol. The lowest BCUT2D eigenvalue weighted by atomic mass is 9.82. The van der Waals surface area contributed by atoms with Crippen LogP contribution < -0.4 is 0 Å². The number of nitro benzene ring substituents is 1. The second-order valence-corrected chi connectivity index (χ2v) is 5.36. The zero-order valence-electron chi connectivity index (χ0n) is 12.5. The molecule has 3 aromatic rings. The van der Waals surface area contributed by atoms with E-state index in [2.05, 4.69) is 4.98 Å². The van der Waals surface area contributed by atoms with E-state index in [1.54, 1.807) is 18.3 Å². The number of benzene rings is 2. The number of nitriles is 2. The Hall–Kier alpha value is -3.64. The van der Waals surface area contributed by atoms with E-state index in [0.717, 1.165) is 16.5 Å². The molecule has 6 nitrogen and oxygen atoms in total. The van der Waals surface area contributed by atoms with Crippen molar-refractivity contribution in [2.45, 2.75) is 5.92 Å². The summed E-state index contributed by atoms with van der Waals surface area (Å²) in [5.74, 6) is -1.53. The highest BCUT2D eigenvalue weighted by Gasteiger charge is 2.28. The first-order chi connectivity index (χ1) is 11.7. The highest BCUT2D eigenvalue weighted by atomic mass is 16.6. The molecule has 1 atom stereocenters. The number of nitrogens with zero attached hydrogens (tertiary/aromatic N) is 3. The van der Waals surface area contributed by atoms with Gasteiger partial charge in [-0.3, -0.25) is 10.1 Å². The van der Waals surface area contributed by atoms with E-state index in [1.165, 1.54) is 12.1 Å². The topological polar surface area (TPSA) is 107 Å². The second-order valence-electron chi connectivity index (χ2n) is 5.36. The fourth-order valence-corrected chi connectivity index (χ4v) is 2.91. The Labute approximate surface area is 137 Å². The third-order valence-corrected chi connectivity index (χ3v) is 4.01. The summed E-state index contributed by atoms with van der Waals surface area (Å²) in [5.41, 5.74) is 2.17. The minimum Gasteiger partial charge on any atom is -0.361 e. The average Bonchev–Trinajstić information content (AvgIpc) is 3.03. The maximum atomic E-state index is 11.1. The molecule has 3 rings (SSSR count). The summed E-state index contributed by atoms with van der Waals surface area (Å²) >= 11 is 0. The van der Waals surface area contributed by atoms with Crippen LogP contribution in [0.25, 0.3) is 10.9 Å². The van der Waals surface area contributed by atoms with Crippen LogP contribution in [0, 0.1) is 38.7 Å². The third-order valence-electron chi connectivity index (χ3n) is 4.01. The van der Waals surface area contributed by atoms with Crippen molar-refractivity contribution < 1.29 is 4.92 Å². The summed E-state index contributed by atoms with van der Waals surface area (Å²) < 4.78 is 0. The van der Waals surface area contributed by atoms with E-state index in [1.807, 2.05) is 36.4 Å². The molecule has 0 aliphatic rings. The summed E-state index contributed by atoms with van der Waals surface area (Å²) in [5, 5.41) is 30.7. The number of H-pyrrole nitrogens is 1. The van der Waals surface area contributed by atoms with Crippen molar-refractivity contribution >= 4 is 16.6 Å². The molecule has 0 bridgehead atoms. The summed E-state index contributed by atoms with van der Waals surface area (Å²) in [6.45, 7) is 0. The Balaban J connectivity index is 2.22. The second kappa shape index (κ2) is 6.23. The molecule has 1 heterocycles. The number of fused-ring (bicyclic) bond motifs is 1. The first kappa shape index (κ1) is 15.3. The molecule has 0 aliphatic heterocycles. The third kappa shape index (κ3) is 2.57. The molecule has 6 heteroatoms. The fraction of sp³-hybridized carbons (Fsp3) is 0.111. The van der Waals surface area contributed by atoms with Crippen LogP contribution in [0.4, 0.5) is 5.69 Å². The van der Waals surface area contributed by atoms with E-state index in [9.17, 15) is 20.6 Å². The largest absolute Gasteiger partial charge is 0.361 e. The number of para-hydroxylation sites is 1. The number of hydrogen-bond acceptors (Lipinski definition) is 4. The van der Waals surface area contributed by atoms with Crippen LogP contribution in [-0.4, -0.2) is 9.91 Å². The molecule has 24 heavy (non-hydrogen) atoms. The summed E-state index contributed by atoms with van der Waals surface area (Å²) in [7, 11) is 0. The van der Waals surface area contributed by atoms with E-state index in [-0.39, 0.29) is 5.69 Å². The standard InChI is InChI=1S/C18H12N4O2/c19-9-13(10-20)18(12-4-3-5-14(8-12)22(23)24)16-11-21-17-7-2-1-6-15(16)17/h1-8,11,13,18,21H. The van der Waals surface area contributed by atoms with Crippen molar-refractivity contribution in [1.82, 2.24) is 4.98 Å². The molecule has 2 aromatic carbocycles. The highest BCUT2D eigenvalue weighted by Crippen LogP contribution is 2.37. The normalized spacial score (nSPS) is 11.8. The van der Waals surface area contributed by atoms with E-state index < -0.39 is 16.8 Å². The van der Waals surface area contributed by atoms with Gasteiger partial charge in [-0.15, -0.1) is 0 Å². The van der Waals surface area contributed by atoms with Crippen molar-refractivity contribution in [2.24, 2.45) is 5.92 Å². The molecule has 116 valence electrons. The smallest absolute Gasteiger partial charge is 0.269 e. The lowest BCUT2D eigenvalue weighted by molar-refractivity contribution is -0.384. The van der Waals surface area contributed by atoms with Crippen LogP contribution in [0.5, 0.6) is 0 Å². The van der Waals surface area contributed by atoms with Gasteiger partial charge in [-0.05, 0) is 17.2 Å². The van der Waals surface area contributed by atoms with Crippen LogP contribution in [0.15, 0.2) is 54.7 Å². The van der Waals surface area contributed by atoms with Gasteiger partial charge in [-0.2, -0.15) is 10.5 Å². The van der Waals surface area contributed by atoms with Crippen LogP contribution in [0.2, 0.25) is 0 Å². The summed E-state index contributed by atoms with van der Waals surface area (Å²) in [6.07, 6.45) is 1.76. The van der Waals surface area contributed by atoms with Gasteiger partial charge < -0.3 is 4.98 Å². The van der Waals surface area contributed by atoms with Gasteiger partial charge in [0.05, 0.1) is 17.1 Å². The Morgan fingerprint density at radius 1 is 1.08 bits per heavy atom. The monoisotopic (exact) mass is 316 g/mol. The Morgan fingerprint density at radius 2 is 1.83 bits per heavy atom. The molecule has 0 aliphatic carbocycles. The SMILES string of the molecule is N#CC(C#N)C(c1cccc([N+](=O)[O-])c1)c1c[nH]c2ccccc12. The Kier molecular flexibility index (Phi) is 3.96. The van der Waals surface area contributed by atoms with Crippen molar-refractivity contribution in [3.8, 4) is 12.1 Å². The lowest BCUT2D eigenvalue weighted by Gasteiger charge is -2.17. The van der Waals surface area contributed by atoms with Gasteiger partial charge in [0.15, 0.2) is 0 Å². The van der Waals surface area contributed by atoms with Crippen molar-refractivity contribution in [3.63, 3.8) is 0 Å². The molecular formula is C18H12N4O2. The van der Waals surface area contributed by atoms with Gasteiger partial charge in [0.1, 0.15) is 5.92 Å². The zero-order valence-corrected chi connectivity index (χ0v) is 12.5. The molecule has 0 fully saturated rings. The van der Waals surface area contributed by atoms with Crippen LogP contribution in [0.3, 0.4) is 0 Å². The van der Waals surface area contributed by atoms with Gasteiger partial charge in [-0.25, -0.2) is 0 Å². The lowest BCUT2D eigenvalue weighted by Crippen LogP contribution is -2.11. The van der Waals surface area contributed by atoms with Crippen molar-refractivity contribution in [3.05, 3.63) is 76.0 Å². The van der Waals surface area contributed by atoms with Gasteiger partial charge >= 0.3 is 0 Å². The summed E-state index contributed by atoms with van der Waals surface area (Å²) in [6, 6.07) is 17.7. The number of aromatic nitrogens is 1. The number of aromatic amines is 1. The average molecular weight is 316 g/mol. The molecule has 0 radical (unpaired) electrons. The maximum absolute atomic E-state index is 11.1. The van der Waals surface area contributed by atoms with Crippen LogP contribution in [0.1, 0.15) is 17.0 Å². The molecule has 1 N–H and O–H groups in total. The first-order valence-electron chi connectivity index (χ1n) is 7.25. The minimum atomic E-state index is -0.953. The molecular weight excluding hydrogens is 304 g/mol. The number of rotatable bonds is 4. The molecule has 0 saturated heterocycles. The quantitative estimate of drug-likeness (QED) is 0.582. The van der Waals surface area contributed by atoms with Crippen molar-refractivity contribution in [2.75, 3.05) is 0 Å². The zero-order chi connectivity index (χ0) is 17.1. The molecule has 0 amide bonds. The molecule has 1 unspecified atom stereocenters. The molecule has 1 aromatic heterocycles. The number of nitro groups is 1. The minimum absolute atomic E-state index is 0.0630. The Bertz CT molecular complexity index is 980. The number of non-ortho nitro benzene ring substituents is 1. The molecule has 0 saturated carbocycles. The maximum Gasteiger partial charge on any atom is 0.269 e.